The predicted molar refractivity (Wildman–Crippen MR) is 49.2 cm³/mol. The predicted octanol–water partition coefficient (Wildman–Crippen LogP) is 0.395. The highest BCUT2D eigenvalue weighted by molar-refractivity contribution is 5.78. The van der Waals surface area contributed by atoms with Gasteiger partial charge in [-0.25, -0.2) is 0 Å². The first-order valence-corrected chi connectivity index (χ1v) is 5.03. The second-order valence-corrected chi connectivity index (χ2v) is 4.02. The van der Waals surface area contributed by atoms with E-state index < -0.39 is 0 Å². The molecule has 2 rings (SSSR count). The molecule has 2 atom stereocenters. The fourth-order valence-electron chi connectivity index (χ4n) is 2.27. The van der Waals surface area contributed by atoms with Crippen LogP contribution in [-0.2, 0) is 9.53 Å². The molecule has 0 aliphatic carbocycles. The van der Waals surface area contributed by atoms with Crippen LogP contribution < -0.4 is 0 Å². The number of carbonyl (C=O) groups excluding carboxylic acids is 1. The zero-order valence-electron chi connectivity index (χ0n) is 8.11. The average molecular weight is 194 g/mol. The Labute approximate surface area is 83.4 Å². The molecular weight excluding hydrogens is 180 g/mol. The Bertz CT molecular complexity index is 272. The number of amides is 1. The van der Waals surface area contributed by atoms with E-state index in [2.05, 4.69) is 0 Å². The molecule has 0 spiro atoms. The number of hydrogen-bond donors (Lipinski definition) is 0. The molecule has 0 bridgehead atoms. The smallest absolute Gasteiger partial charge is 0.236 e. The topological polar surface area (TPSA) is 53.3 Å². The Morgan fingerprint density at radius 3 is 3.07 bits per heavy atom. The lowest BCUT2D eigenvalue weighted by Crippen LogP contribution is -2.43. The van der Waals surface area contributed by atoms with E-state index in [4.69, 9.17) is 10.00 Å². The van der Waals surface area contributed by atoms with E-state index >= 15 is 0 Å². The minimum atomic E-state index is -0.0298. The maximum atomic E-state index is 11.4. The second kappa shape index (κ2) is 3.97. The van der Waals surface area contributed by atoms with Crippen LogP contribution in [0, 0.1) is 23.2 Å². The summed E-state index contributed by atoms with van der Waals surface area (Å²) in [6, 6.07) is 1.90. The van der Waals surface area contributed by atoms with Crippen LogP contribution in [0.2, 0.25) is 0 Å². The molecule has 1 amide bonds. The molecule has 2 heterocycles. The molecular formula is C10H14N2O2. The molecule has 0 unspecified atom stereocenters. The van der Waals surface area contributed by atoms with Crippen molar-refractivity contribution < 1.29 is 9.53 Å². The Morgan fingerprint density at radius 1 is 1.50 bits per heavy atom. The molecule has 2 aliphatic heterocycles. The molecule has 4 heteroatoms. The Hall–Kier alpha value is -1.08. The summed E-state index contributed by atoms with van der Waals surface area (Å²) in [4.78, 5) is 13.3. The van der Waals surface area contributed by atoms with Crippen LogP contribution in [0.5, 0.6) is 0 Å². The highest BCUT2D eigenvalue weighted by atomic mass is 16.5. The van der Waals surface area contributed by atoms with Gasteiger partial charge in [0.25, 0.3) is 0 Å². The van der Waals surface area contributed by atoms with Crippen LogP contribution >= 0.6 is 0 Å². The first kappa shape index (κ1) is 9.47. The molecule has 76 valence electrons. The summed E-state index contributed by atoms with van der Waals surface area (Å²) in [5.41, 5.74) is 0. The number of ether oxygens (including phenoxy) is 1. The quantitative estimate of drug-likeness (QED) is 0.607. The molecule has 2 saturated heterocycles. The third-order valence-electron chi connectivity index (χ3n) is 3.14. The van der Waals surface area contributed by atoms with E-state index in [9.17, 15) is 4.79 Å². The highest BCUT2D eigenvalue weighted by Crippen LogP contribution is 2.29. The highest BCUT2D eigenvalue weighted by Gasteiger charge is 2.35. The van der Waals surface area contributed by atoms with Gasteiger partial charge in [-0.05, 0) is 12.3 Å². The lowest BCUT2D eigenvalue weighted by molar-refractivity contribution is -0.132. The molecule has 0 N–H and O–H groups in total. The van der Waals surface area contributed by atoms with Crippen LogP contribution in [0.4, 0.5) is 0 Å². The van der Waals surface area contributed by atoms with E-state index in [0.717, 1.165) is 32.7 Å². The molecule has 14 heavy (non-hydrogen) atoms. The third-order valence-corrected chi connectivity index (χ3v) is 3.14. The minimum Gasteiger partial charge on any atom is -0.381 e. The van der Waals surface area contributed by atoms with E-state index in [1.165, 1.54) is 0 Å². The molecule has 0 aromatic heterocycles. The third kappa shape index (κ3) is 1.73. The van der Waals surface area contributed by atoms with Crippen molar-refractivity contribution in [2.24, 2.45) is 11.8 Å². The number of piperidine rings is 1. The Morgan fingerprint density at radius 2 is 2.29 bits per heavy atom. The van der Waals surface area contributed by atoms with Gasteiger partial charge in [-0.2, -0.15) is 5.26 Å². The fraction of sp³-hybridized carbons (Fsp3) is 0.800. The summed E-state index contributed by atoms with van der Waals surface area (Å²) >= 11 is 0. The van der Waals surface area contributed by atoms with Gasteiger partial charge in [-0.15, -0.1) is 0 Å². The largest absolute Gasteiger partial charge is 0.381 e. The van der Waals surface area contributed by atoms with Gasteiger partial charge in [-0.1, -0.05) is 0 Å². The van der Waals surface area contributed by atoms with Gasteiger partial charge in [-0.3, -0.25) is 4.79 Å². The van der Waals surface area contributed by atoms with Gasteiger partial charge in [0.1, 0.15) is 6.42 Å². The minimum absolute atomic E-state index is 0.0121. The normalized spacial score (nSPS) is 30.9. The van der Waals surface area contributed by atoms with Crippen molar-refractivity contribution in [2.75, 3.05) is 26.3 Å². The lowest BCUT2D eigenvalue weighted by atomic mass is 9.88. The van der Waals surface area contributed by atoms with E-state index in [1.807, 2.05) is 6.07 Å². The summed E-state index contributed by atoms with van der Waals surface area (Å²) < 4.78 is 5.38. The van der Waals surface area contributed by atoms with Gasteiger partial charge < -0.3 is 9.64 Å². The van der Waals surface area contributed by atoms with Gasteiger partial charge in [0.15, 0.2) is 0 Å². The number of carbonyl (C=O) groups is 1. The van der Waals surface area contributed by atoms with E-state index in [1.54, 1.807) is 4.90 Å². The number of hydrogen-bond acceptors (Lipinski definition) is 3. The van der Waals surface area contributed by atoms with Gasteiger partial charge in [0.2, 0.25) is 5.91 Å². The maximum Gasteiger partial charge on any atom is 0.236 e. The van der Waals surface area contributed by atoms with Crippen LogP contribution in [0.15, 0.2) is 0 Å². The van der Waals surface area contributed by atoms with Crippen molar-refractivity contribution in [2.45, 2.75) is 12.8 Å². The summed E-state index contributed by atoms with van der Waals surface area (Å²) in [5, 5.41) is 8.43. The molecule has 0 radical (unpaired) electrons. The molecule has 0 aromatic rings. The number of rotatable bonds is 1. The van der Waals surface area contributed by atoms with Crippen molar-refractivity contribution in [3.63, 3.8) is 0 Å². The van der Waals surface area contributed by atoms with Gasteiger partial charge >= 0.3 is 0 Å². The van der Waals surface area contributed by atoms with E-state index in [-0.39, 0.29) is 12.3 Å². The SMILES string of the molecule is N#CCC(=O)N1CC[C@H]2COC[C@@H]2C1. The van der Waals surface area contributed by atoms with Crippen LogP contribution in [0.1, 0.15) is 12.8 Å². The number of fused-ring (bicyclic) bond motifs is 1. The molecule has 2 fully saturated rings. The number of likely N-dealkylation sites (tertiary alicyclic amines) is 1. The first-order valence-electron chi connectivity index (χ1n) is 5.03. The maximum absolute atomic E-state index is 11.4. The molecule has 4 nitrogen and oxygen atoms in total. The van der Waals surface area contributed by atoms with Crippen molar-refractivity contribution in [1.82, 2.24) is 4.90 Å². The van der Waals surface area contributed by atoms with Crippen LogP contribution in [-0.4, -0.2) is 37.1 Å². The van der Waals surface area contributed by atoms with Crippen molar-refractivity contribution in [3.05, 3.63) is 0 Å². The summed E-state index contributed by atoms with van der Waals surface area (Å²) in [5.74, 6) is 1.12. The average Bonchev–Trinajstić information content (AvgIpc) is 2.64. The monoisotopic (exact) mass is 194 g/mol. The van der Waals surface area contributed by atoms with Crippen LogP contribution in [0.3, 0.4) is 0 Å². The standard InChI is InChI=1S/C10H14N2O2/c11-3-1-10(13)12-4-2-8-6-14-7-9(8)5-12/h8-9H,1-2,4-7H2/t8-,9-/m0/s1. The van der Waals surface area contributed by atoms with Crippen molar-refractivity contribution in [3.8, 4) is 6.07 Å². The van der Waals surface area contributed by atoms with Crippen LogP contribution in [0.25, 0.3) is 0 Å². The number of nitrogens with zero attached hydrogens (tertiary/aromatic N) is 2. The van der Waals surface area contributed by atoms with Gasteiger partial charge in [0.05, 0.1) is 12.7 Å². The lowest BCUT2D eigenvalue weighted by Gasteiger charge is -2.33. The molecule has 0 aromatic carbocycles. The van der Waals surface area contributed by atoms with E-state index in [0.29, 0.717) is 11.8 Å². The molecule has 0 saturated carbocycles. The first-order chi connectivity index (χ1) is 6.81. The van der Waals surface area contributed by atoms with Crippen molar-refractivity contribution >= 4 is 5.91 Å². The summed E-state index contributed by atoms with van der Waals surface area (Å²) in [7, 11) is 0. The summed E-state index contributed by atoms with van der Waals surface area (Å²) in [6.07, 6.45) is 1.04. The zero-order valence-corrected chi connectivity index (χ0v) is 8.11. The molecule has 2 aliphatic rings. The second-order valence-electron chi connectivity index (χ2n) is 4.02. The summed E-state index contributed by atoms with van der Waals surface area (Å²) in [6.45, 7) is 3.21. The zero-order chi connectivity index (χ0) is 9.97. The Balaban J connectivity index is 1.91. The Kier molecular flexibility index (Phi) is 2.69. The van der Waals surface area contributed by atoms with Gasteiger partial charge in [0, 0.05) is 25.6 Å². The fourth-order valence-corrected chi connectivity index (χ4v) is 2.27. The van der Waals surface area contributed by atoms with Crippen molar-refractivity contribution in [1.29, 1.82) is 5.26 Å². The number of nitriles is 1.